The highest BCUT2D eigenvalue weighted by molar-refractivity contribution is 5.81. The van der Waals surface area contributed by atoms with Crippen LogP contribution in [0.2, 0.25) is 0 Å². The molecule has 146 valence electrons. The number of anilines is 1. The van der Waals surface area contributed by atoms with Crippen LogP contribution in [0.4, 0.5) is 5.95 Å². The number of aromatic nitrogens is 2. The van der Waals surface area contributed by atoms with Gasteiger partial charge in [0.05, 0.1) is 19.1 Å². The molecule has 1 atom stereocenters. The Hall–Kier alpha value is -2.63. The summed E-state index contributed by atoms with van der Waals surface area (Å²) in [5.74, 6) is 2.75. The third kappa shape index (κ3) is 3.81. The van der Waals surface area contributed by atoms with E-state index in [-0.39, 0.29) is 24.0 Å². The van der Waals surface area contributed by atoms with E-state index < -0.39 is 0 Å². The van der Waals surface area contributed by atoms with E-state index in [0.29, 0.717) is 5.92 Å². The Morgan fingerprint density at radius 3 is 2.39 bits per heavy atom. The van der Waals surface area contributed by atoms with Gasteiger partial charge in [0.25, 0.3) is 0 Å². The van der Waals surface area contributed by atoms with E-state index in [9.17, 15) is 4.79 Å². The minimum Gasteiger partial charge on any atom is -0.487 e. The van der Waals surface area contributed by atoms with Crippen molar-refractivity contribution in [3.05, 3.63) is 47.8 Å². The quantitative estimate of drug-likeness (QED) is 0.801. The predicted molar refractivity (Wildman–Crippen MR) is 106 cm³/mol. The molecule has 1 amide bonds. The third-order valence-corrected chi connectivity index (χ3v) is 5.83. The number of carbonyl (C=O) groups excluding carboxylic acids is 1. The molecule has 0 bridgehead atoms. The Labute approximate surface area is 165 Å². The Morgan fingerprint density at radius 2 is 1.79 bits per heavy atom. The molecular weight excluding hydrogens is 352 g/mol. The number of carbonyl (C=O) groups is 1. The molecule has 2 aromatic rings. The van der Waals surface area contributed by atoms with Crippen molar-refractivity contribution in [2.45, 2.75) is 50.7 Å². The van der Waals surface area contributed by atoms with Crippen molar-refractivity contribution in [2.75, 3.05) is 18.0 Å². The lowest BCUT2D eigenvalue weighted by molar-refractivity contribution is -0.122. The highest BCUT2D eigenvalue weighted by atomic mass is 16.5. The second-order valence-corrected chi connectivity index (χ2v) is 8.31. The summed E-state index contributed by atoms with van der Waals surface area (Å²) in [4.78, 5) is 23.0. The summed E-state index contributed by atoms with van der Waals surface area (Å²) < 4.78 is 6.05. The van der Waals surface area contributed by atoms with Gasteiger partial charge in [0.2, 0.25) is 11.9 Å². The Kier molecular flexibility index (Phi) is 4.41. The first kappa shape index (κ1) is 17.5. The van der Waals surface area contributed by atoms with Gasteiger partial charge < -0.3 is 15.0 Å². The Bertz CT molecular complexity index is 838. The fourth-order valence-electron chi connectivity index (χ4n) is 3.59. The molecule has 1 aromatic carbocycles. The van der Waals surface area contributed by atoms with Crippen LogP contribution in [0.25, 0.3) is 0 Å². The number of hydrogen-bond donors (Lipinski definition) is 1. The van der Waals surface area contributed by atoms with Gasteiger partial charge in [-0.25, -0.2) is 9.97 Å². The van der Waals surface area contributed by atoms with Gasteiger partial charge in [-0.2, -0.15) is 0 Å². The Balaban J connectivity index is 1.10. The van der Waals surface area contributed by atoms with Crippen molar-refractivity contribution in [3.63, 3.8) is 0 Å². The van der Waals surface area contributed by atoms with Crippen molar-refractivity contribution in [1.82, 2.24) is 15.3 Å². The van der Waals surface area contributed by atoms with E-state index in [2.05, 4.69) is 20.2 Å². The molecule has 2 heterocycles. The highest BCUT2D eigenvalue weighted by Crippen LogP contribution is 2.39. The minimum atomic E-state index is 0.0251. The topological polar surface area (TPSA) is 67.3 Å². The van der Waals surface area contributed by atoms with Crippen LogP contribution < -0.4 is 15.0 Å². The zero-order valence-corrected chi connectivity index (χ0v) is 16.2. The van der Waals surface area contributed by atoms with E-state index in [1.54, 1.807) is 0 Å². The summed E-state index contributed by atoms with van der Waals surface area (Å²) in [5, 5.41) is 3.08. The number of hydrogen-bond acceptors (Lipinski definition) is 5. The normalized spacial score (nSPS) is 20.4. The van der Waals surface area contributed by atoms with Gasteiger partial charge in [-0.1, -0.05) is 12.1 Å². The van der Waals surface area contributed by atoms with Gasteiger partial charge in [0.1, 0.15) is 11.9 Å². The first-order valence-corrected chi connectivity index (χ1v) is 10.3. The molecule has 2 saturated carbocycles. The molecule has 28 heavy (non-hydrogen) atoms. The molecule has 2 aliphatic carbocycles. The standard InChI is InChI=1S/C22H26N4O2/c1-14(25-21(27)17-4-5-17)15-6-8-19(9-7-15)28-20-12-26(13-20)22-23-10-18(11-24-22)16-2-3-16/h6-11,14,16-17,20H,2-5,12-13H2,1H3,(H,25,27)/t14-/m0/s1. The summed E-state index contributed by atoms with van der Waals surface area (Å²) in [5.41, 5.74) is 2.36. The fraction of sp³-hybridized carbons (Fsp3) is 0.500. The second-order valence-electron chi connectivity index (χ2n) is 8.31. The van der Waals surface area contributed by atoms with E-state index in [1.807, 2.05) is 43.6 Å². The zero-order chi connectivity index (χ0) is 19.1. The molecule has 1 aliphatic heterocycles. The van der Waals surface area contributed by atoms with Crippen molar-refractivity contribution >= 4 is 11.9 Å². The molecule has 3 fully saturated rings. The van der Waals surface area contributed by atoms with Crippen molar-refractivity contribution in [3.8, 4) is 5.75 Å². The number of nitrogens with zero attached hydrogens (tertiary/aromatic N) is 3. The number of benzene rings is 1. The van der Waals surface area contributed by atoms with Gasteiger partial charge in [0.15, 0.2) is 0 Å². The van der Waals surface area contributed by atoms with Crippen LogP contribution in [0.3, 0.4) is 0 Å². The van der Waals surface area contributed by atoms with E-state index >= 15 is 0 Å². The molecule has 0 radical (unpaired) electrons. The number of rotatable bonds is 7. The Morgan fingerprint density at radius 1 is 1.11 bits per heavy atom. The van der Waals surface area contributed by atoms with Gasteiger partial charge in [-0.05, 0) is 61.8 Å². The molecule has 6 nitrogen and oxygen atoms in total. The third-order valence-electron chi connectivity index (χ3n) is 5.83. The molecule has 3 aliphatic rings. The maximum Gasteiger partial charge on any atom is 0.225 e. The van der Waals surface area contributed by atoms with Crippen LogP contribution in [0.1, 0.15) is 55.7 Å². The molecular formula is C22H26N4O2. The molecule has 1 aromatic heterocycles. The van der Waals surface area contributed by atoms with Crippen molar-refractivity contribution in [2.24, 2.45) is 5.92 Å². The first-order valence-electron chi connectivity index (χ1n) is 10.3. The van der Waals surface area contributed by atoms with Crippen LogP contribution in [0.5, 0.6) is 5.75 Å². The van der Waals surface area contributed by atoms with Crippen LogP contribution in [-0.2, 0) is 4.79 Å². The van der Waals surface area contributed by atoms with Crippen LogP contribution in [0, 0.1) is 5.92 Å². The average molecular weight is 378 g/mol. The second kappa shape index (κ2) is 7.08. The lowest BCUT2D eigenvalue weighted by Crippen LogP contribution is -2.54. The van der Waals surface area contributed by atoms with E-state index in [0.717, 1.165) is 43.2 Å². The van der Waals surface area contributed by atoms with Crippen molar-refractivity contribution < 1.29 is 9.53 Å². The molecule has 0 spiro atoms. The first-order chi connectivity index (χ1) is 13.7. The number of amides is 1. The van der Waals surface area contributed by atoms with Crippen LogP contribution in [-0.4, -0.2) is 35.1 Å². The highest BCUT2D eigenvalue weighted by Gasteiger charge is 2.32. The molecule has 1 saturated heterocycles. The lowest BCUT2D eigenvalue weighted by Gasteiger charge is -2.38. The fourth-order valence-corrected chi connectivity index (χ4v) is 3.59. The van der Waals surface area contributed by atoms with Gasteiger partial charge in [-0.3, -0.25) is 4.79 Å². The maximum atomic E-state index is 11.9. The largest absolute Gasteiger partial charge is 0.487 e. The molecule has 6 heteroatoms. The zero-order valence-electron chi connectivity index (χ0n) is 16.2. The summed E-state index contributed by atoms with van der Waals surface area (Å²) in [6, 6.07) is 8.06. The monoisotopic (exact) mass is 378 g/mol. The average Bonchev–Trinajstić information content (AvgIpc) is 3.57. The summed E-state index contributed by atoms with van der Waals surface area (Å²) >= 11 is 0. The molecule has 1 N–H and O–H groups in total. The van der Waals surface area contributed by atoms with Gasteiger partial charge >= 0.3 is 0 Å². The van der Waals surface area contributed by atoms with E-state index in [1.165, 1.54) is 18.4 Å². The smallest absolute Gasteiger partial charge is 0.225 e. The lowest BCUT2D eigenvalue weighted by atomic mass is 10.1. The van der Waals surface area contributed by atoms with Crippen LogP contribution in [0.15, 0.2) is 36.7 Å². The minimum absolute atomic E-state index is 0.0251. The summed E-state index contributed by atoms with van der Waals surface area (Å²) in [6.07, 6.45) is 8.69. The molecule has 0 unspecified atom stereocenters. The molecule has 5 rings (SSSR count). The summed E-state index contributed by atoms with van der Waals surface area (Å²) in [7, 11) is 0. The van der Waals surface area contributed by atoms with Gasteiger partial charge in [0, 0.05) is 18.3 Å². The SMILES string of the molecule is C[C@H](NC(=O)C1CC1)c1ccc(OC2CN(c3ncc(C4CC4)cn3)C2)cc1. The van der Waals surface area contributed by atoms with E-state index in [4.69, 9.17) is 4.74 Å². The number of nitrogens with one attached hydrogen (secondary N) is 1. The van der Waals surface area contributed by atoms with Gasteiger partial charge in [-0.15, -0.1) is 0 Å². The van der Waals surface area contributed by atoms with Crippen molar-refractivity contribution in [1.29, 1.82) is 0 Å². The predicted octanol–water partition coefficient (Wildman–Crippen LogP) is 3.21. The van der Waals surface area contributed by atoms with Crippen LogP contribution >= 0.6 is 0 Å². The summed E-state index contributed by atoms with van der Waals surface area (Å²) in [6.45, 7) is 3.63. The maximum absolute atomic E-state index is 11.9. The number of ether oxygens (including phenoxy) is 1.